The fraction of sp³-hybridized carbons (Fsp3) is 0.188. The molecule has 0 unspecified atom stereocenters. The highest BCUT2D eigenvalue weighted by atomic mass is 79.9. The maximum Gasteiger partial charge on any atom is 0.103 e. The SMILES string of the molecule is Cc1cc(C)c(-n2cnc3c(Br)cc(Br)cc32)c(C)c1. The van der Waals surface area contributed by atoms with Crippen LogP contribution in [-0.4, -0.2) is 9.55 Å². The molecule has 2 nitrogen and oxygen atoms in total. The first kappa shape index (κ1) is 13.8. The van der Waals surface area contributed by atoms with Gasteiger partial charge in [-0.25, -0.2) is 4.98 Å². The van der Waals surface area contributed by atoms with Gasteiger partial charge in [0.25, 0.3) is 0 Å². The lowest BCUT2D eigenvalue weighted by Gasteiger charge is -2.13. The molecule has 20 heavy (non-hydrogen) atoms. The van der Waals surface area contributed by atoms with Gasteiger partial charge in [0.15, 0.2) is 0 Å². The van der Waals surface area contributed by atoms with Crippen molar-refractivity contribution in [3.8, 4) is 5.69 Å². The maximum absolute atomic E-state index is 4.54. The number of aromatic nitrogens is 2. The summed E-state index contributed by atoms with van der Waals surface area (Å²) < 4.78 is 4.21. The Labute approximate surface area is 135 Å². The molecule has 0 N–H and O–H groups in total. The van der Waals surface area contributed by atoms with Gasteiger partial charge in [-0.1, -0.05) is 33.6 Å². The van der Waals surface area contributed by atoms with Gasteiger partial charge in [-0.3, -0.25) is 4.57 Å². The number of rotatable bonds is 1. The Morgan fingerprint density at radius 3 is 2.25 bits per heavy atom. The van der Waals surface area contributed by atoms with E-state index in [0.29, 0.717) is 0 Å². The number of imidazole rings is 1. The number of fused-ring (bicyclic) bond motifs is 1. The molecule has 102 valence electrons. The average molecular weight is 394 g/mol. The van der Waals surface area contributed by atoms with Gasteiger partial charge < -0.3 is 0 Å². The van der Waals surface area contributed by atoms with Gasteiger partial charge in [0.1, 0.15) is 11.8 Å². The predicted octanol–water partition coefficient (Wildman–Crippen LogP) is 5.48. The molecule has 1 heterocycles. The number of hydrogen-bond donors (Lipinski definition) is 0. The van der Waals surface area contributed by atoms with E-state index in [9.17, 15) is 0 Å². The van der Waals surface area contributed by atoms with Crippen LogP contribution in [0.15, 0.2) is 39.5 Å². The lowest BCUT2D eigenvalue weighted by molar-refractivity contribution is 1.05. The van der Waals surface area contributed by atoms with Crippen molar-refractivity contribution in [2.24, 2.45) is 0 Å². The zero-order valence-electron chi connectivity index (χ0n) is 11.5. The van der Waals surface area contributed by atoms with E-state index < -0.39 is 0 Å². The number of halogens is 2. The van der Waals surface area contributed by atoms with Crippen LogP contribution in [0.3, 0.4) is 0 Å². The van der Waals surface area contributed by atoms with E-state index in [-0.39, 0.29) is 0 Å². The molecule has 4 heteroatoms. The molecule has 2 aromatic carbocycles. The van der Waals surface area contributed by atoms with Crippen LogP contribution in [0.4, 0.5) is 0 Å². The first-order valence-electron chi connectivity index (χ1n) is 6.37. The fourth-order valence-electron chi connectivity index (χ4n) is 2.77. The van der Waals surface area contributed by atoms with Crippen molar-refractivity contribution in [1.82, 2.24) is 9.55 Å². The zero-order valence-corrected chi connectivity index (χ0v) is 14.7. The van der Waals surface area contributed by atoms with Gasteiger partial charge in [-0.2, -0.15) is 0 Å². The third-order valence-electron chi connectivity index (χ3n) is 3.45. The molecule has 0 aliphatic carbocycles. The topological polar surface area (TPSA) is 17.8 Å². The first-order chi connectivity index (χ1) is 9.47. The average Bonchev–Trinajstić information content (AvgIpc) is 2.72. The minimum Gasteiger partial charge on any atom is -0.298 e. The van der Waals surface area contributed by atoms with Gasteiger partial charge in [0.05, 0.1) is 11.2 Å². The minimum atomic E-state index is 0.979. The number of hydrogen-bond acceptors (Lipinski definition) is 1. The van der Waals surface area contributed by atoms with Crippen LogP contribution in [0.2, 0.25) is 0 Å². The second-order valence-electron chi connectivity index (χ2n) is 5.12. The second-order valence-corrected chi connectivity index (χ2v) is 6.89. The summed E-state index contributed by atoms with van der Waals surface area (Å²) in [4.78, 5) is 4.54. The molecular formula is C16H14Br2N2. The van der Waals surface area contributed by atoms with Crippen LogP contribution in [0.1, 0.15) is 16.7 Å². The Bertz CT molecular complexity index is 796. The van der Waals surface area contributed by atoms with Crippen LogP contribution < -0.4 is 0 Å². The second kappa shape index (κ2) is 5.01. The zero-order chi connectivity index (χ0) is 14.4. The van der Waals surface area contributed by atoms with E-state index in [0.717, 1.165) is 20.0 Å². The van der Waals surface area contributed by atoms with E-state index in [1.165, 1.54) is 22.4 Å². The summed E-state index contributed by atoms with van der Waals surface area (Å²) in [5.74, 6) is 0. The smallest absolute Gasteiger partial charge is 0.103 e. The van der Waals surface area contributed by atoms with Crippen LogP contribution in [0.5, 0.6) is 0 Å². The third-order valence-corrected chi connectivity index (χ3v) is 4.51. The monoisotopic (exact) mass is 392 g/mol. The normalized spacial score (nSPS) is 11.2. The Morgan fingerprint density at radius 1 is 0.950 bits per heavy atom. The summed E-state index contributed by atoms with van der Waals surface area (Å²) in [5.41, 5.74) is 7.10. The molecule has 0 aliphatic heterocycles. The summed E-state index contributed by atoms with van der Waals surface area (Å²) in [7, 11) is 0. The van der Waals surface area contributed by atoms with Crippen molar-refractivity contribution in [3.63, 3.8) is 0 Å². The van der Waals surface area contributed by atoms with E-state index in [1.54, 1.807) is 0 Å². The molecule has 1 aromatic heterocycles. The highest BCUT2D eigenvalue weighted by molar-refractivity contribution is 9.11. The van der Waals surface area contributed by atoms with Gasteiger partial charge in [-0.15, -0.1) is 0 Å². The number of nitrogens with zero attached hydrogens (tertiary/aromatic N) is 2. The van der Waals surface area contributed by atoms with Crippen molar-refractivity contribution in [2.45, 2.75) is 20.8 Å². The molecule has 0 fully saturated rings. The fourth-order valence-corrected chi connectivity index (χ4v) is 4.08. The molecule has 0 atom stereocenters. The molecule has 3 rings (SSSR count). The van der Waals surface area contributed by atoms with E-state index in [1.807, 2.05) is 12.4 Å². The standard InChI is InChI=1S/C16H14Br2N2/c1-9-4-10(2)16(11(3)5-9)20-8-19-15-13(18)6-12(17)7-14(15)20/h4-8H,1-3H3. The number of aryl methyl sites for hydroxylation is 3. The maximum atomic E-state index is 4.54. The Kier molecular flexibility index (Phi) is 3.46. The van der Waals surface area contributed by atoms with Crippen molar-refractivity contribution in [2.75, 3.05) is 0 Å². The van der Waals surface area contributed by atoms with E-state index in [2.05, 4.69) is 80.4 Å². The third kappa shape index (κ3) is 2.21. The van der Waals surface area contributed by atoms with Gasteiger partial charge >= 0.3 is 0 Å². The van der Waals surface area contributed by atoms with Crippen LogP contribution >= 0.6 is 31.9 Å². The molecule has 0 bridgehead atoms. The molecular weight excluding hydrogens is 380 g/mol. The van der Waals surface area contributed by atoms with Crippen molar-refractivity contribution in [3.05, 3.63) is 56.2 Å². The van der Waals surface area contributed by atoms with E-state index >= 15 is 0 Å². The molecule has 0 saturated carbocycles. The first-order valence-corrected chi connectivity index (χ1v) is 7.96. The minimum absolute atomic E-state index is 0.979. The molecule has 3 aromatic rings. The highest BCUT2D eigenvalue weighted by Crippen LogP contribution is 2.31. The molecule has 0 saturated heterocycles. The van der Waals surface area contributed by atoms with Crippen molar-refractivity contribution < 1.29 is 0 Å². The van der Waals surface area contributed by atoms with Crippen molar-refractivity contribution in [1.29, 1.82) is 0 Å². The van der Waals surface area contributed by atoms with Crippen molar-refractivity contribution >= 4 is 42.9 Å². The summed E-state index contributed by atoms with van der Waals surface area (Å²) in [6.45, 7) is 6.42. The van der Waals surface area contributed by atoms with Gasteiger partial charge in [-0.05, 0) is 60.0 Å². The van der Waals surface area contributed by atoms with Gasteiger partial charge in [0, 0.05) is 8.95 Å². The van der Waals surface area contributed by atoms with Crippen LogP contribution in [0, 0.1) is 20.8 Å². The molecule has 0 aliphatic rings. The molecule has 0 spiro atoms. The summed E-state index contributed by atoms with van der Waals surface area (Å²) in [6.07, 6.45) is 1.90. The predicted molar refractivity (Wildman–Crippen MR) is 90.7 cm³/mol. The summed E-state index contributed by atoms with van der Waals surface area (Å²) in [5, 5.41) is 0. The largest absolute Gasteiger partial charge is 0.298 e. The van der Waals surface area contributed by atoms with Crippen LogP contribution in [-0.2, 0) is 0 Å². The summed E-state index contributed by atoms with van der Waals surface area (Å²) in [6, 6.07) is 8.54. The quantitative estimate of drug-likeness (QED) is 0.535. The molecule has 0 amide bonds. The Morgan fingerprint density at radius 2 is 1.60 bits per heavy atom. The summed E-state index contributed by atoms with van der Waals surface area (Å²) >= 11 is 7.13. The lowest BCUT2D eigenvalue weighted by atomic mass is 10.0. The molecule has 0 radical (unpaired) electrons. The lowest BCUT2D eigenvalue weighted by Crippen LogP contribution is -1.99. The van der Waals surface area contributed by atoms with Gasteiger partial charge in [0.2, 0.25) is 0 Å². The Hall–Kier alpha value is -1.13. The highest BCUT2D eigenvalue weighted by Gasteiger charge is 2.12. The Balaban J connectivity index is 2.36. The number of benzene rings is 2. The van der Waals surface area contributed by atoms with E-state index in [4.69, 9.17) is 0 Å². The van der Waals surface area contributed by atoms with Crippen LogP contribution in [0.25, 0.3) is 16.7 Å².